The lowest BCUT2D eigenvalue weighted by atomic mass is 10.0. The first kappa shape index (κ1) is 47.1. The molecule has 0 rings (SSSR count). The molecule has 0 heterocycles. The summed E-state index contributed by atoms with van der Waals surface area (Å²) in [5.74, 6) is -6.12. The highest BCUT2D eigenvalue weighted by atomic mass is 16.4. The molecule has 5 amide bonds. The molecule has 51 heavy (non-hydrogen) atoms. The van der Waals surface area contributed by atoms with Crippen LogP contribution in [-0.2, 0) is 33.6 Å². The zero-order valence-electron chi connectivity index (χ0n) is 29.8. The van der Waals surface area contributed by atoms with Gasteiger partial charge in [-0.15, -0.1) is 0 Å². The Hall–Kier alpha value is -3.91. The van der Waals surface area contributed by atoms with E-state index in [-0.39, 0.29) is 25.7 Å². The number of amides is 5. The quantitative estimate of drug-likeness (QED) is 0.0333. The number of rotatable bonds is 30. The van der Waals surface area contributed by atoms with Crippen molar-refractivity contribution in [1.29, 1.82) is 0 Å². The van der Waals surface area contributed by atoms with Gasteiger partial charge in [0.1, 0.15) is 30.2 Å². The number of carboxylic acid groups (broad SMARTS) is 2. The van der Waals surface area contributed by atoms with Crippen molar-refractivity contribution in [2.75, 3.05) is 26.2 Å². The largest absolute Gasteiger partial charge is 0.481 e. The third kappa shape index (κ3) is 21.1. The van der Waals surface area contributed by atoms with Crippen LogP contribution in [0.3, 0.4) is 0 Å². The number of unbranched alkanes of at least 4 members (excludes halogenated alkanes) is 4. The van der Waals surface area contributed by atoms with Crippen LogP contribution in [0.4, 0.5) is 0 Å². The van der Waals surface area contributed by atoms with Gasteiger partial charge in [0.25, 0.3) is 0 Å². The molecule has 0 spiro atoms. The smallest absolute Gasteiger partial charge is 0.326 e. The Morgan fingerprint density at radius 3 is 1.25 bits per heavy atom. The predicted molar refractivity (Wildman–Crippen MR) is 189 cm³/mol. The highest BCUT2D eigenvalue weighted by molar-refractivity contribution is 5.96. The van der Waals surface area contributed by atoms with Crippen LogP contribution < -0.4 is 55.3 Å². The molecule has 0 aliphatic carbocycles. The monoisotopic (exact) mass is 730 g/mol. The second-order valence-electron chi connectivity index (χ2n) is 12.5. The third-order valence-corrected chi connectivity index (χ3v) is 8.06. The number of carbonyl (C=O) groups excluding carboxylic acids is 5. The molecule has 0 aliphatic heterocycles. The van der Waals surface area contributed by atoms with E-state index in [1.807, 2.05) is 0 Å². The molecule has 0 aromatic carbocycles. The van der Waals surface area contributed by atoms with Crippen LogP contribution in [0.5, 0.6) is 0 Å². The summed E-state index contributed by atoms with van der Waals surface area (Å²) in [5.41, 5.74) is 28.1. The maximum atomic E-state index is 13.5. The average Bonchev–Trinajstić information content (AvgIpc) is 3.08. The second-order valence-corrected chi connectivity index (χ2v) is 12.5. The summed E-state index contributed by atoms with van der Waals surface area (Å²) in [5, 5.41) is 31.4. The number of carboxylic acids is 2. The van der Waals surface area contributed by atoms with Crippen molar-refractivity contribution in [2.24, 2.45) is 28.7 Å². The molecule has 0 aromatic rings. The lowest BCUT2D eigenvalue weighted by molar-refractivity contribution is -0.142. The number of hydrogen-bond donors (Lipinski definition) is 12. The van der Waals surface area contributed by atoms with Crippen LogP contribution in [-0.4, -0.2) is 114 Å². The summed E-state index contributed by atoms with van der Waals surface area (Å²) in [7, 11) is 0. The Morgan fingerprint density at radius 1 is 0.471 bits per heavy atom. The minimum atomic E-state index is -1.31. The van der Waals surface area contributed by atoms with Gasteiger partial charge in [0, 0.05) is 6.42 Å². The molecule has 6 atom stereocenters. The van der Waals surface area contributed by atoms with E-state index in [9.17, 15) is 38.7 Å². The van der Waals surface area contributed by atoms with Gasteiger partial charge in [-0.1, -0.05) is 6.42 Å². The van der Waals surface area contributed by atoms with Crippen molar-refractivity contribution in [3.63, 3.8) is 0 Å². The molecule has 0 aliphatic rings. The van der Waals surface area contributed by atoms with Crippen LogP contribution in [0.1, 0.15) is 96.8 Å². The fourth-order valence-electron chi connectivity index (χ4n) is 4.95. The van der Waals surface area contributed by atoms with Crippen molar-refractivity contribution in [3.05, 3.63) is 0 Å². The molecule has 17 N–H and O–H groups in total. The molecule has 0 radical (unpaired) electrons. The highest BCUT2D eigenvalue weighted by Crippen LogP contribution is 2.09. The van der Waals surface area contributed by atoms with E-state index in [0.29, 0.717) is 84.0 Å². The second kappa shape index (κ2) is 27.8. The zero-order chi connectivity index (χ0) is 38.8. The molecule has 0 fully saturated rings. The van der Waals surface area contributed by atoms with Crippen molar-refractivity contribution in [1.82, 2.24) is 26.6 Å². The van der Waals surface area contributed by atoms with E-state index in [0.717, 1.165) is 0 Å². The van der Waals surface area contributed by atoms with E-state index < -0.39 is 84.1 Å². The summed E-state index contributed by atoms with van der Waals surface area (Å²) in [6.45, 7) is 2.78. The van der Waals surface area contributed by atoms with E-state index in [4.69, 9.17) is 33.8 Å². The Kier molecular flexibility index (Phi) is 25.6. The fourth-order valence-corrected chi connectivity index (χ4v) is 4.95. The van der Waals surface area contributed by atoms with Gasteiger partial charge >= 0.3 is 11.9 Å². The maximum absolute atomic E-state index is 13.5. The normalized spacial score (nSPS) is 14.5. The topological polar surface area (TPSA) is 350 Å². The van der Waals surface area contributed by atoms with Gasteiger partial charge in [0.15, 0.2) is 0 Å². The summed E-state index contributed by atoms with van der Waals surface area (Å²) in [4.78, 5) is 88.8. The molecule has 0 aromatic heterocycles. The standard InChI is InChI=1S/C32H62N10O9/c1-20(38-29(47)24(14-15-26(43)44)40-28(46)21(37)10-2-6-16-33)27(45)39-22(11-3-7-17-34)30(48)41-23(12-4-8-18-35)31(49)42-25(32(50)51)13-5-9-19-36/h20-25H,2-19,33-37H2,1H3,(H,38,47)(H,39,45)(H,40,46)(H,41,48)(H,42,49)(H,43,44)(H,50,51)/t20-,21-,22-,23-,24-,25-/m0/s1. The third-order valence-electron chi connectivity index (χ3n) is 8.06. The molecule has 19 heteroatoms. The highest BCUT2D eigenvalue weighted by Gasteiger charge is 2.31. The molecule has 0 saturated heterocycles. The summed E-state index contributed by atoms with van der Waals surface area (Å²) in [6.07, 6.45) is 4.20. The van der Waals surface area contributed by atoms with Gasteiger partial charge in [0.05, 0.1) is 6.04 Å². The Labute approximate surface area is 299 Å². The average molecular weight is 731 g/mol. The maximum Gasteiger partial charge on any atom is 0.326 e. The summed E-state index contributed by atoms with van der Waals surface area (Å²) in [6, 6.07) is -7.01. The minimum Gasteiger partial charge on any atom is -0.481 e. The molecular weight excluding hydrogens is 668 g/mol. The Balaban J connectivity index is 5.82. The summed E-state index contributed by atoms with van der Waals surface area (Å²) < 4.78 is 0. The van der Waals surface area contributed by atoms with Crippen LogP contribution in [0, 0.1) is 0 Å². The van der Waals surface area contributed by atoms with Crippen molar-refractivity contribution in [3.8, 4) is 0 Å². The van der Waals surface area contributed by atoms with Crippen molar-refractivity contribution < 1.29 is 43.8 Å². The summed E-state index contributed by atoms with van der Waals surface area (Å²) >= 11 is 0. The van der Waals surface area contributed by atoms with Crippen LogP contribution in [0.2, 0.25) is 0 Å². The fraction of sp³-hybridized carbons (Fsp3) is 0.781. The number of nitrogens with two attached hydrogens (primary N) is 5. The van der Waals surface area contributed by atoms with Gasteiger partial charge in [0.2, 0.25) is 29.5 Å². The van der Waals surface area contributed by atoms with E-state index >= 15 is 0 Å². The number of hydrogen-bond acceptors (Lipinski definition) is 12. The minimum absolute atomic E-state index is 0.128. The predicted octanol–water partition coefficient (Wildman–Crippen LogP) is -2.78. The first-order valence-electron chi connectivity index (χ1n) is 17.7. The van der Waals surface area contributed by atoms with Gasteiger partial charge in [-0.3, -0.25) is 28.8 Å². The lowest BCUT2D eigenvalue weighted by Crippen LogP contribution is -2.58. The van der Waals surface area contributed by atoms with Crippen LogP contribution in [0.15, 0.2) is 0 Å². The van der Waals surface area contributed by atoms with Gasteiger partial charge in [-0.25, -0.2) is 4.79 Å². The Morgan fingerprint density at radius 2 is 0.824 bits per heavy atom. The van der Waals surface area contributed by atoms with Crippen molar-refractivity contribution in [2.45, 2.75) is 133 Å². The SMILES string of the molecule is C[C@H](NC(=O)[C@H](CCC(=O)O)NC(=O)[C@@H](N)CCCCN)C(=O)N[C@@H](CCCCN)C(=O)N[C@@H](CCCCN)C(=O)N[C@@H](CCCCN)C(=O)O. The number of aliphatic carboxylic acids is 2. The van der Waals surface area contributed by atoms with E-state index in [1.165, 1.54) is 6.92 Å². The zero-order valence-corrected chi connectivity index (χ0v) is 29.8. The molecular formula is C32H62N10O9. The lowest BCUT2D eigenvalue weighted by Gasteiger charge is -2.26. The molecule has 0 unspecified atom stereocenters. The van der Waals surface area contributed by atoms with Crippen molar-refractivity contribution >= 4 is 41.5 Å². The van der Waals surface area contributed by atoms with Crippen LogP contribution >= 0.6 is 0 Å². The number of carbonyl (C=O) groups is 7. The molecule has 0 bridgehead atoms. The molecule has 294 valence electrons. The number of nitrogens with one attached hydrogen (secondary N) is 5. The van der Waals surface area contributed by atoms with E-state index in [2.05, 4.69) is 26.6 Å². The molecule has 0 saturated carbocycles. The van der Waals surface area contributed by atoms with Crippen LogP contribution in [0.25, 0.3) is 0 Å². The van der Waals surface area contributed by atoms with Gasteiger partial charge in [-0.05, 0) is 110 Å². The van der Waals surface area contributed by atoms with E-state index in [1.54, 1.807) is 0 Å². The first-order chi connectivity index (χ1) is 24.2. The van der Waals surface area contributed by atoms with Gasteiger partial charge in [-0.2, -0.15) is 0 Å². The van der Waals surface area contributed by atoms with Gasteiger partial charge < -0.3 is 65.5 Å². The Bertz CT molecular complexity index is 1100. The first-order valence-corrected chi connectivity index (χ1v) is 17.7. The molecule has 19 nitrogen and oxygen atoms in total.